The highest BCUT2D eigenvalue weighted by Gasteiger charge is 2.39. The maximum absolute atomic E-state index is 14.7. The van der Waals surface area contributed by atoms with Crippen LogP contribution in [0.3, 0.4) is 0 Å². The Morgan fingerprint density at radius 2 is 0.831 bits per heavy atom. The summed E-state index contributed by atoms with van der Waals surface area (Å²) in [6, 6.07) is 50.2. The second-order valence-electron chi connectivity index (χ2n) is 15.6. The molecule has 1 heterocycles. The number of ketones is 2. The summed E-state index contributed by atoms with van der Waals surface area (Å²) in [5.41, 5.74) is 7.15. The van der Waals surface area contributed by atoms with Crippen molar-refractivity contribution >= 4 is 94.9 Å². The van der Waals surface area contributed by atoms with Crippen molar-refractivity contribution in [3.63, 3.8) is 0 Å². The molecular formula is C52H35N3O4. The number of fused-ring (bicyclic) bond motifs is 2. The summed E-state index contributed by atoms with van der Waals surface area (Å²) in [6.07, 6.45) is 0.433. The fourth-order valence-corrected chi connectivity index (χ4v) is 9.40. The van der Waals surface area contributed by atoms with Crippen LogP contribution in [0.2, 0.25) is 0 Å². The molecule has 0 aromatic heterocycles. The second-order valence-corrected chi connectivity index (χ2v) is 15.6. The van der Waals surface area contributed by atoms with Crippen molar-refractivity contribution in [2.45, 2.75) is 13.3 Å². The van der Waals surface area contributed by atoms with Crippen LogP contribution in [0.5, 0.6) is 0 Å². The van der Waals surface area contributed by atoms with Gasteiger partial charge >= 0.3 is 0 Å². The Hall–Kier alpha value is -7.64. The molecule has 0 saturated carbocycles. The quantitative estimate of drug-likeness (QED) is 0.0953. The summed E-state index contributed by atoms with van der Waals surface area (Å²) in [6.45, 7) is 1.87. The van der Waals surface area contributed by atoms with Gasteiger partial charge in [-0.3, -0.25) is 19.2 Å². The lowest BCUT2D eigenvalue weighted by Gasteiger charge is -2.28. The Morgan fingerprint density at radius 1 is 0.424 bits per heavy atom. The van der Waals surface area contributed by atoms with Gasteiger partial charge in [0.15, 0.2) is 11.6 Å². The Labute approximate surface area is 339 Å². The average Bonchev–Trinajstić information content (AvgIpc) is 3.34. The highest BCUT2D eigenvalue weighted by atomic mass is 16.2. The predicted octanol–water partition coefficient (Wildman–Crippen LogP) is 11.9. The third kappa shape index (κ3) is 5.35. The van der Waals surface area contributed by atoms with E-state index in [1.165, 1.54) is 4.90 Å². The van der Waals surface area contributed by atoms with Crippen molar-refractivity contribution in [1.82, 2.24) is 0 Å². The molecule has 2 atom stereocenters. The lowest BCUT2D eigenvalue weighted by Crippen LogP contribution is -2.40. The fourth-order valence-electron chi connectivity index (χ4n) is 9.40. The summed E-state index contributed by atoms with van der Waals surface area (Å²) in [7, 11) is 0. The molecule has 0 saturated heterocycles. The fraction of sp³-hybridized carbons (Fsp3) is 0.0769. The van der Waals surface area contributed by atoms with Crippen LogP contribution in [-0.4, -0.2) is 23.4 Å². The minimum absolute atomic E-state index is 0.0454. The predicted molar refractivity (Wildman–Crippen MR) is 236 cm³/mol. The van der Waals surface area contributed by atoms with Crippen molar-refractivity contribution in [2.75, 3.05) is 15.5 Å². The first-order valence-corrected chi connectivity index (χ1v) is 19.8. The second kappa shape index (κ2) is 13.2. The minimum atomic E-state index is -0.543. The van der Waals surface area contributed by atoms with E-state index in [-0.39, 0.29) is 23.4 Å². The Morgan fingerprint density at radius 3 is 1.32 bits per heavy atom. The molecule has 0 radical (unpaired) electrons. The van der Waals surface area contributed by atoms with E-state index in [2.05, 4.69) is 10.6 Å². The number of benzene rings is 9. The SMILES string of the molecule is CC1C(=O)c2ccc3c4ccc5c6c(ccc(c7ccc(c2c37)C(=O)[C@@H]1Cc1ccc(Nc2ccccc2)cc1)c64)C(=O)N(c1ccc(Nc2ccccc2)cc1)C5=O. The summed E-state index contributed by atoms with van der Waals surface area (Å²) in [4.78, 5) is 58.9. The lowest BCUT2D eigenvalue weighted by molar-refractivity contribution is 0.0787. The van der Waals surface area contributed by atoms with Gasteiger partial charge in [0.2, 0.25) is 0 Å². The van der Waals surface area contributed by atoms with Gasteiger partial charge in [0.05, 0.1) is 5.69 Å². The van der Waals surface area contributed by atoms with E-state index < -0.39 is 11.8 Å². The monoisotopic (exact) mass is 765 g/mol. The Kier molecular flexibility index (Phi) is 7.75. The first kappa shape index (κ1) is 34.6. The first-order valence-electron chi connectivity index (χ1n) is 19.8. The number of para-hydroxylation sites is 2. The number of imide groups is 1. The maximum Gasteiger partial charge on any atom is 0.265 e. The molecular weight excluding hydrogens is 731 g/mol. The van der Waals surface area contributed by atoms with Crippen molar-refractivity contribution in [3.8, 4) is 0 Å². The van der Waals surface area contributed by atoms with E-state index in [4.69, 9.17) is 0 Å². The molecule has 7 heteroatoms. The van der Waals surface area contributed by atoms with Gasteiger partial charge in [-0.05, 0) is 117 Å². The van der Waals surface area contributed by atoms with E-state index >= 15 is 0 Å². The van der Waals surface area contributed by atoms with E-state index in [0.29, 0.717) is 45.1 Å². The molecule has 1 aliphatic carbocycles. The number of anilines is 5. The molecule has 9 aromatic rings. The molecule has 2 amide bonds. The number of Topliss-reactive ketones (excluding diaryl/α,β-unsaturated/α-hetero) is 2. The van der Waals surface area contributed by atoms with E-state index in [0.717, 1.165) is 60.6 Å². The number of nitrogens with one attached hydrogen (secondary N) is 2. The standard InChI is InChI=1S/C52H35N3O4/c1-29-44(28-30-12-14-33(15-13-30)53-31-8-4-2-5-9-31)50(57)41-25-21-37-39-23-27-43-48-42(26-22-38(46(39)48)36-20-24-40(49(29)56)47(41)45(36)37)51(58)55(52(43)59)35-18-16-34(17-19-35)54-32-10-6-3-7-11-32/h2-27,29,44,53-54H,28H2,1H3/t29?,44-/m1/s1. The van der Waals surface area contributed by atoms with Gasteiger partial charge in [0.1, 0.15) is 0 Å². The molecule has 1 unspecified atom stereocenters. The average molecular weight is 766 g/mol. The van der Waals surface area contributed by atoms with Gasteiger partial charge in [-0.2, -0.15) is 0 Å². The molecule has 7 nitrogen and oxygen atoms in total. The van der Waals surface area contributed by atoms with Gasteiger partial charge in [0, 0.05) is 67.6 Å². The zero-order valence-corrected chi connectivity index (χ0v) is 32.0. The van der Waals surface area contributed by atoms with Crippen LogP contribution in [0.1, 0.15) is 53.9 Å². The highest BCUT2D eigenvalue weighted by molar-refractivity contribution is 6.43. The smallest absolute Gasteiger partial charge is 0.265 e. The summed E-state index contributed by atoms with van der Waals surface area (Å²) in [5, 5.41) is 13.2. The normalized spacial score (nSPS) is 16.4. The molecule has 0 bridgehead atoms. The third-order valence-corrected chi connectivity index (χ3v) is 12.3. The number of rotatable bonds is 7. The van der Waals surface area contributed by atoms with E-state index in [1.807, 2.05) is 140 Å². The number of nitrogens with zero attached hydrogens (tertiary/aromatic N) is 1. The number of hydrogen-bond acceptors (Lipinski definition) is 6. The van der Waals surface area contributed by atoms with Gasteiger partial charge in [0.25, 0.3) is 11.8 Å². The summed E-state index contributed by atoms with van der Waals surface area (Å²) in [5.74, 6) is -1.95. The van der Waals surface area contributed by atoms with Crippen molar-refractivity contribution in [3.05, 3.63) is 186 Å². The maximum atomic E-state index is 14.7. The van der Waals surface area contributed by atoms with Crippen LogP contribution in [0.25, 0.3) is 43.1 Å². The summed E-state index contributed by atoms with van der Waals surface area (Å²) < 4.78 is 0. The summed E-state index contributed by atoms with van der Waals surface area (Å²) >= 11 is 0. The number of hydrogen-bond donors (Lipinski definition) is 2. The Balaban J connectivity index is 0.978. The molecule has 1 aliphatic heterocycles. The first-order chi connectivity index (χ1) is 28.8. The lowest BCUT2D eigenvalue weighted by atomic mass is 9.81. The zero-order chi connectivity index (χ0) is 39.9. The van der Waals surface area contributed by atoms with Crippen molar-refractivity contribution in [1.29, 1.82) is 0 Å². The largest absolute Gasteiger partial charge is 0.356 e. The number of carbonyl (C=O) groups is 4. The van der Waals surface area contributed by atoms with Crippen LogP contribution in [-0.2, 0) is 6.42 Å². The molecule has 282 valence electrons. The van der Waals surface area contributed by atoms with Crippen LogP contribution in [0, 0.1) is 11.8 Å². The topological polar surface area (TPSA) is 95.6 Å². The molecule has 2 aliphatic rings. The third-order valence-electron chi connectivity index (χ3n) is 12.3. The Bertz CT molecular complexity index is 3140. The van der Waals surface area contributed by atoms with Crippen LogP contribution >= 0.6 is 0 Å². The van der Waals surface area contributed by atoms with Crippen molar-refractivity contribution < 1.29 is 19.2 Å². The van der Waals surface area contributed by atoms with Crippen molar-refractivity contribution in [2.24, 2.45) is 11.8 Å². The molecule has 2 N–H and O–H groups in total. The van der Waals surface area contributed by atoms with Crippen LogP contribution in [0.4, 0.5) is 28.4 Å². The van der Waals surface area contributed by atoms with E-state index in [1.54, 1.807) is 24.3 Å². The molecule has 0 spiro atoms. The molecule has 11 rings (SSSR count). The molecule has 9 aromatic carbocycles. The van der Waals surface area contributed by atoms with E-state index in [9.17, 15) is 19.2 Å². The van der Waals surface area contributed by atoms with Gasteiger partial charge in [-0.1, -0.05) is 91.9 Å². The number of amides is 2. The highest BCUT2D eigenvalue weighted by Crippen LogP contribution is 2.47. The molecule has 59 heavy (non-hydrogen) atoms. The van der Waals surface area contributed by atoms with Gasteiger partial charge < -0.3 is 10.6 Å². The minimum Gasteiger partial charge on any atom is -0.356 e. The van der Waals surface area contributed by atoms with Crippen LogP contribution in [0.15, 0.2) is 158 Å². The van der Waals surface area contributed by atoms with Gasteiger partial charge in [-0.15, -0.1) is 0 Å². The molecule has 0 fully saturated rings. The van der Waals surface area contributed by atoms with Crippen LogP contribution < -0.4 is 15.5 Å². The number of carbonyl (C=O) groups excluding carboxylic acids is 4. The van der Waals surface area contributed by atoms with Gasteiger partial charge in [-0.25, -0.2) is 4.90 Å². The zero-order valence-electron chi connectivity index (χ0n) is 32.0.